The maximum atomic E-state index is 13.2. The Morgan fingerprint density at radius 2 is 2.07 bits per heavy atom. The molecule has 3 rings (SSSR count). The molecule has 1 aliphatic heterocycles. The molecular formula is C22H23ClN4O2S. The number of carbonyl (C=O) groups excluding carboxylic acids is 1. The number of aryl methyl sites for hydroxylation is 1. The van der Waals surface area contributed by atoms with Crippen LogP contribution in [-0.2, 0) is 11.2 Å². The molecule has 0 bridgehead atoms. The molecule has 1 aromatic carbocycles. The van der Waals surface area contributed by atoms with Crippen LogP contribution in [0.5, 0.6) is 0 Å². The summed E-state index contributed by atoms with van der Waals surface area (Å²) in [5.41, 5.74) is 2.66. The Bertz CT molecular complexity index is 1090. The van der Waals surface area contributed by atoms with Crippen molar-refractivity contribution in [1.82, 2.24) is 9.88 Å². The standard InChI is InChI=1S/C22H23ClN4O2S/c1-4-17-12-30-22(26-16-7-5-15(23)6-8-16)27(17)20(28)10-9-18-13(2)19(11-24)21(29)25-14(18)3/h5-8,17H,4,9-10,12H2,1-3H3,(H,25,29)/t17-/m1/s1. The van der Waals surface area contributed by atoms with Gasteiger partial charge in [0, 0.05) is 28.9 Å². The molecule has 1 aliphatic rings. The summed E-state index contributed by atoms with van der Waals surface area (Å²) in [5.74, 6) is 0.798. The second-order valence-electron chi connectivity index (χ2n) is 7.18. The summed E-state index contributed by atoms with van der Waals surface area (Å²) in [6.07, 6.45) is 1.57. The van der Waals surface area contributed by atoms with E-state index in [0.29, 0.717) is 27.9 Å². The van der Waals surface area contributed by atoms with Crippen LogP contribution in [0.4, 0.5) is 5.69 Å². The fourth-order valence-corrected chi connectivity index (χ4v) is 4.98. The number of hydrogen-bond donors (Lipinski definition) is 1. The zero-order valence-electron chi connectivity index (χ0n) is 17.2. The number of aliphatic imine (C=N–C) groups is 1. The highest BCUT2D eigenvalue weighted by Gasteiger charge is 2.33. The summed E-state index contributed by atoms with van der Waals surface area (Å²) >= 11 is 7.53. The van der Waals surface area contributed by atoms with Crippen LogP contribution in [0, 0.1) is 25.2 Å². The van der Waals surface area contributed by atoms with Gasteiger partial charge in [-0.3, -0.25) is 14.5 Å². The number of thioether (sulfide) groups is 1. The Labute approximate surface area is 185 Å². The van der Waals surface area contributed by atoms with Crippen LogP contribution in [0.15, 0.2) is 34.1 Å². The first-order valence-corrected chi connectivity index (χ1v) is 11.1. The number of H-pyrrole nitrogens is 1. The van der Waals surface area contributed by atoms with Gasteiger partial charge < -0.3 is 4.98 Å². The topological polar surface area (TPSA) is 89.3 Å². The van der Waals surface area contributed by atoms with E-state index in [9.17, 15) is 14.9 Å². The summed E-state index contributed by atoms with van der Waals surface area (Å²) in [6.45, 7) is 5.62. The number of halogens is 1. The molecule has 0 radical (unpaired) electrons. The third kappa shape index (κ3) is 4.61. The lowest BCUT2D eigenvalue weighted by Crippen LogP contribution is -2.39. The van der Waals surface area contributed by atoms with E-state index in [-0.39, 0.29) is 29.5 Å². The normalized spacial score (nSPS) is 17.4. The molecule has 2 aromatic rings. The second kappa shape index (κ2) is 9.50. The Morgan fingerprint density at radius 3 is 2.70 bits per heavy atom. The van der Waals surface area contributed by atoms with Gasteiger partial charge in [0.15, 0.2) is 5.17 Å². The minimum Gasteiger partial charge on any atom is -0.325 e. The fraction of sp³-hybridized carbons (Fsp3) is 0.364. The SMILES string of the molecule is CC[C@@H]1CSC(=Nc2ccc(Cl)cc2)N1C(=O)CCc1c(C)[nH]c(=O)c(C#N)c1C. The van der Waals surface area contributed by atoms with Gasteiger partial charge in [-0.15, -0.1) is 0 Å². The first kappa shape index (κ1) is 22.1. The molecule has 1 aromatic heterocycles. The number of rotatable bonds is 5. The molecule has 1 fully saturated rings. The molecule has 0 spiro atoms. The predicted octanol–water partition coefficient (Wildman–Crippen LogP) is 4.49. The van der Waals surface area contributed by atoms with Gasteiger partial charge in [-0.25, -0.2) is 4.99 Å². The first-order valence-electron chi connectivity index (χ1n) is 9.77. The van der Waals surface area contributed by atoms with Gasteiger partial charge in [0.25, 0.3) is 5.56 Å². The van der Waals surface area contributed by atoms with Crippen molar-refractivity contribution in [1.29, 1.82) is 5.26 Å². The molecule has 8 heteroatoms. The maximum Gasteiger partial charge on any atom is 0.266 e. The molecule has 2 heterocycles. The number of pyridine rings is 1. The van der Waals surface area contributed by atoms with Crippen molar-refractivity contribution >= 4 is 40.1 Å². The smallest absolute Gasteiger partial charge is 0.266 e. The highest BCUT2D eigenvalue weighted by atomic mass is 35.5. The van der Waals surface area contributed by atoms with Crippen molar-refractivity contribution in [3.05, 3.63) is 62.0 Å². The second-order valence-corrected chi connectivity index (χ2v) is 8.60. The number of nitrogens with zero attached hydrogens (tertiary/aromatic N) is 3. The van der Waals surface area contributed by atoms with Gasteiger partial charge in [-0.05, 0) is 62.1 Å². The number of carbonyl (C=O) groups is 1. The maximum absolute atomic E-state index is 13.2. The van der Waals surface area contributed by atoms with Crippen LogP contribution in [-0.4, -0.2) is 32.8 Å². The number of amidine groups is 1. The molecule has 0 saturated carbocycles. The van der Waals surface area contributed by atoms with E-state index in [1.807, 2.05) is 18.2 Å². The average Bonchev–Trinajstić information content (AvgIpc) is 3.12. The van der Waals surface area contributed by atoms with Crippen molar-refractivity contribution in [3.8, 4) is 6.07 Å². The van der Waals surface area contributed by atoms with Gasteiger partial charge in [0.1, 0.15) is 11.6 Å². The zero-order valence-corrected chi connectivity index (χ0v) is 18.7. The van der Waals surface area contributed by atoms with E-state index in [1.54, 1.807) is 42.6 Å². The summed E-state index contributed by atoms with van der Waals surface area (Å²) in [6, 6.07) is 9.26. The number of aromatic nitrogens is 1. The molecule has 0 aliphatic carbocycles. The van der Waals surface area contributed by atoms with E-state index < -0.39 is 0 Å². The third-order valence-electron chi connectivity index (χ3n) is 5.28. The van der Waals surface area contributed by atoms with Crippen LogP contribution in [0.1, 0.15) is 42.1 Å². The van der Waals surface area contributed by atoms with Gasteiger partial charge in [0.2, 0.25) is 5.91 Å². The van der Waals surface area contributed by atoms with E-state index in [0.717, 1.165) is 23.4 Å². The van der Waals surface area contributed by atoms with Crippen LogP contribution in [0.25, 0.3) is 0 Å². The highest BCUT2D eigenvalue weighted by molar-refractivity contribution is 8.14. The number of amides is 1. The van der Waals surface area contributed by atoms with Crippen LogP contribution < -0.4 is 5.56 Å². The molecular weight excluding hydrogens is 420 g/mol. The first-order chi connectivity index (χ1) is 14.3. The van der Waals surface area contributed by atoms with E-state index in [4.69, 9.17) is 11.6 Å². The van der Waals surface area contributed by atoms with Crippen molar-refractivity contribution in [2.45, 2.75) is 46.1 Å². The molecule has 30 heavy (non-hydrogen) atoms. The fourth-order valence-electron chi connectivity index (χ4n) is 3.57. The molecule has 1 N–H and O–H groups in total. The minimum atomic E-state index is -0.387. The van der Waals surface area contributed by atoms with Gasteiger partial charge in [0.05, 0.1) is 5.69 Å². The van der Waals surface area contributed by atoms with Crippen LogP contribution in [0.3, 0.4) is 0 Å². The number of nitrogens with one attached hydrogen (secondary N) is 1. The van der Waals surface area contributed by atoms with Gasteiger partial charge in [-0.2, -0.15) is 5.26 Å². The highest BCUT2D eigenvalue weighted by Crippen LogP contribution is 2.30. The molecule has 1 saturated heterocycles. The van der Waals surface area contributed by atoms with Crippen molar-refractivity contribution in [2.75, 3.05) is 5.75 Å². The quantitative estimate of drug-likeness (QED) is 0.738. The van der Waals surface area contributed by atoms with E-state index in [1.165, 1.54) is 0 Å². The summed E-state index contributed by atoms with van der Waals surface area (Å²) in [4.78, 5) is 34.3. The molecule has 6 nitrogen and oxygen atoms in total. The van der Waals surface area contributed by atoms with Crippen molar-refractivity contribution in [2.24, 2.45) is 4.99 Å². The summed E-state index contributed by atoms with van der Waals surface area (Å²) in [7, 11) is 0. The van der Waals surface area contributed by atoms with Crippen molar-refractivity contribution < 1.29 is 4.79 Å². The zero-order chi connectivity index (χ0) is 21.8. The monoisotopic (exact) mass is 442 g/mol. The molecule has 156 valence electrons. The minimum absolute atomic E-state index is 0.0110. The average molecular weight is 443 g/mol. The lowest BCUT2D eigenvalue weighted by molar-refractivity contribution is -0.128. The number of benzene rings is 1. The molecule has 1 atom stereocenters. The number of nitriles is 1. The largest absolute Gasteiger partial charge is 0.325 e. The summed E-state index contributed by atoms with van der Waals surface area (Å²) in [5, 5.41) is 10.6. The Kier molecular flexibility index (Phi) is 7.01. The number of aromatic amines is 1. The van der Waals surface area contributed by atoms with Crippen molar-refractivity contribution in [3.63, 3.8) is 0 Å². The van der Waals surface area contributed by atoms with E-state index in [2.05, 4.69) is 16.9 Å². The molecule has 1 amide bonds. The lowest BCUT2D eigenvalue weighted by Gasteiger charge is -2.23. The summed E-state index contributed by atoms with van der Waals surface area (Å²) < 4.78 is 0. The third-order valence-corrected chi connectivity index (χ3v) is 6.63. The molecule has 0 unspecified atom stereocenters. The van der Waals surface area contributed by atoms with Crippen LogP contribution in [0.2, 0.25) is 5.02 Å². The number of hydrogen-bond acceptors (Lipinski definition) is 5. The Balaban J connectivity index is 1.83. The van der Waals surface area contributed by atoms with Crippen LogP contribution >= 0.6 is 23.4 Å². The lowest BCUT2D eigenvalue weighted by atomic mass is 9.98. The Hall–Kier alpha value is -2.56. The van der Waals surface area contributed by atoms with Gasteiger partial charge in [-0.1, -0.05) is 30.3 Å². The predicted molar refractivity (Wildman–Crippen MR) is 122 cm³/mol. The Morgan fingerprint density at radius 1 is 1.37 bits per heavy atom. The van der Waals surface area contributed by atoms with Gasteiger partial charge >= 0.3 is 0 Å². The van der Waals surface area contributed by atoms with E-state index >= 15 is 0 Å².